The van der Waals surface area contributed by atoms with Crippen molar-refractivity contribution in [1.82, 2.24) is 4.31 Å². The number of benzene rings is 2. The van der Waals surface area contributed by atoms with Crippen LogP contribution in [0.4, 0.5) is 5.69 Å². The van der Waals surface area contributed by atoms with E-state index in [1.807, 2.05) is 56.3 Å². The van der Waals surface area contributed by atoms with Crippen LogP contribution in [-0.2, 0) is 15.8 Å². The van der Waals surface area contributed by atoms with E-state index in [1.54, 1.807) is 4.31 Å². The number of sulfonamides is 1. The quantitative estimate of drug-likeness (QED) is 0.856. The molecule has 1 aliphatic rings. The van der Waals surface area contributed by atoms with Gasteiger partial charge in [0.1, 0.15) is 0 Å². The van der Waals surface area contributed by atoms with Crippen molar-refractivity contribution < 1.29 is 8.42 Å². The van der Waals surface area contributed by atoms with Crippen LogP contribution in [0, 0.1) is 6.92 Å². The highest BCUT2D eigenvalue weighted by molar-refractivity contribution is 7.88. The van der Waals surface area contributed by atoms with Gasteiger partial charge in [-0.25, -0.2) is 8.42 Å². The highest BCUT2D eigenvalue weighted by Crippen LogP contribution is 2.23. The molecule has 1 aliphatic heterocycles. The Bertz CT molecular complexity index is 790. The van der Waals surface area contributed by atoms with Crippen molar-refractivity contribution >= 4 is 15.7 Å². The van der Waals surface area contributed by atoms with Gasteiger partial charge in [-0.05, 0) is 37.1 Å². The van der Waals surface area contributed by atoms with Crippen molar-refractivity contribution in [2.75, 3.05) is 24.5 Å². The third-order valence-electron chi connectivity index (χ3n) is 4.64. The van der Waals surface area contributed by atoms with E-state index in [1.165, 1.54) is 0 Å². The van der Waals surface area contributed by atoms with Crippen molar-refractivity contribution in [3.63, 3.8) is 0 Å². The molecule has 1 fully saturated rings. The summed E-state index contributed by atoms with van der Waals surface area (Å²) in [5.74, 6) is 0.0787. The van der Waals surface area contributed by atoms with E-state index in [0.29, 0.717) is 6.54 Å². The third kappa shape index (κ3) is 3.62. The molecule has 1 saturated heterocycles. The molecule has 0 spiro atoms. The molecule has 0 saturated carbocycles. The summed E-state index contributed by atoms with van der Waals surface area (Å²) >= 11 is 0. The van der Waals surface area contributed by atoms with E-state index in [2.05, 4.69) is 17.0 Å². The van der Waals surface area contributed by atoms with Crippen LogP contribution in [-0.4, -0.2) is 38.4 Å². The number of aryl methyl sites for hydroxylation is 1. The number of rotatable bonds is 4. The summed E-state index contributed by atoms with van der Waals surface area (Å²) < 4.78 is 27.4. The van der Waals surface area contributed by atoms with Gasteiger partial charge in [-0.3, -0.25) is 0 Å². The Hall–Kier alpha value is -1.85. The highest BCUT2D eigenvalue weighted by Gasteiger charge is 2.32. The van der Waals surface area contributed by atoms with Gasteiger partial charge in [0.25, 0.3) is 0 Å². The summed E-state index contributed by atoms with van der Waals surface area (Å²) in [6.45, 7) is 5.93. The van der Waals surface area contributed by atoms with Gasteiger partial charge in [-0.2, -0.15) is 4.31 Å². The van der Waals surface area contributed by atoms with Crippen LogP contribution >= 0.6 is 0 Å². The smallest absolute Gasteiger partial charge is 0.218 e. The van der Waals surface area contributed by atoms with E-state index >= 15 is 0 Å². The van der Waals surface area contributed by atoms with E-state index in [-0.39, 0.29) is 11.8 Å². The number of nitrogens with zero attached hydrogens (tertiary/aromatic N) is 2. The molecule has 2 aromatic rings. The van der Waals surface area contributed by atoms with E-state index in [0.717, 1.165) is 29.9 Å². The average molecular weight is 344 g/mol. The second kappa shape index (κ2) is 6.95. The average Bonchev–Trinajstić information content (AvgIpc) is 2.57. The number of para-hydroxylation sites is 1. The largest absolute Gasteiger partial charge is 0.369 e. The van der Waals surface area contributed by atoms with Gasteiger partial charge < -0.3 is 4.90 Å². The summed E-state index contributed by atoms with van der Waals surface area (Å²) in [4.78, 5) is 2.25. The van der Waals surface area contributed by atoms with Gasteiger partial charge >= 0.3 is 0 Å². The van der Waals surface area contributed by atoms with Crippen molar-refractivity contribution in [2.24, 2.45) is 0 Å². The monoisotopic (exact) mass is 344 g/mol. The lowest BCUT2D eigenvalue weighted by molar-refractivity contribution is 0.306. The fourth-order valence-corrected chi connectivity index (χ4v) is 5.14. The van der Waals surface area contributed by atoms with Gasteiger partial charge in [0.15, 0.2) is 0 Å². The first-order valence-corrected chi connectivity index (χ1v) is 9.92. The maximum Gasteiger partial charge on any atom is 0.218 e. The van der Waals surface area contributed by atoms with Gasteiger partial charge in [0, 0.05) is 31.4 Å². The lowest BCUT2D eigenvalue weighted by Gasteiger charge is -2.40. The molecule has 3 rings (SSSR count). The Balaban J connectivity index is 1.73. The van der Waals surface area contributed by atoms with Crippen LogP contribution in [0.5, 0.6) is 0 Å². The zero-order valence-corrected chi connectivity index (χ0v) is 15.0. The van der Waals surface area contributed by atoms with Crippen molar-refractivity contribution in [2.45, 2.75) is 25.6 Å². The summed E-state index contributed by atoms with van der Waals surface area (Å²) in [7, 11) is -3.31. The van der Waals surface area contributed by atoms with Gasteiger partial charge in [-0.1, -0.05) is 42.5 Å². The van der Waals surface area contributed by atoms with Crippen molar-refractivity contribution in [3.05, 3.63) is 65.7 Å². The lowest BCUT2D eigenvalue weighted by atomic mass is 10.1. The van der Waals surface area contributed by atoms with E-state index < -0.39 is 10.0 Å². The zero-order chi connectivity index (χ0) is 17.2. The first kappa shape index (κ1) is 17.0. The van der Waals surface area contributed by atoms with E-state index in [9.17, 15) is 8.42 Å². The molecule has 24 heavy (non-hydrogen) atoms. The van der Waals surface area contributed by atoms with Crippen molar-refractivity contribution in [3.8, 4) is 0 Å². The molecule has 0 bridgehead atoms. The first-order valence-electron chi connectivity index (χ1n) is 8.31. The van der Waals surface area contributed by atoms with Crippen LogP contribution in [0.15, 0.2) is 54.6 Å². The normalized spacial score (nSPS) is 19.4. The summed E-state index contributed by atoms with van der Waals surface area (Å²) in [6, 6.07) is 17.8. The molecule has 0 aromatic heterocycles. The molecule has 0 aliphatic carbocycles. The lowest BCUT2D eigenvalue weighted by Crippen LogP contribution is -2.54. The van der Waals surface area contributed by atoms with Crippen molar-refractivity contribution in [1.29, 1.82) is 0 Å². The minimum absolute atomic E-state index is 0.0343. The highest BCUT2D eigenvalue weighted by atomic mass is 32.2. The topological polar surface area (TPSA) is 40.6 Å². The second-order valence-corrected chi connectivity index (χ2v) is 8.35. The van der Waals surface area contributed by atoms with Gasteiger partial charge in [0.2, 0.25) is 10.0 Å². The second-order valence-electron chi connectivity index (χ2n) is 6.42. The SMILES string of the molecule is Cc1ccccc1CS(=O)(=O)N1CCN(c2ccccc2)CC1C. The molecule has 1 heterocycles. The molecule has 1 unspecified atom stereocenters. The molecule has 0 amide bonds. The fourth-order valence-electron chi connectivity index (χ4n) is 3.28. The molecule has 0 N–H and O–H groups in total. The van der Waals surface area contributed by atoms with Crippen LogP contribution in [0.3, 0.4) is 0 Å². The molecule has 0 radical (unpaired) electrons. The molecule has 128 valence electrons. The molecular weight excluding hydrogens is 320 g/mol. The third-order valence-corrected chi connectivity index (χ3v) is 6.58. The Kier molecular flexibility index (Phi) is 4.92. The molecular formula is C19H24N2O2S. The van der Waals surface area contributed by atoms with Crippen LogP contribution < -0.4 is 4.90 Å². The number of anilines is 1. The fraction of sp³-hybridized carbons (Fsp3) is 0.368. The number of hydrogen-bond acceptors (Lipinski definition) is 3. The minimum atomic E-state index is -3.31. The maximum absolute atomic E-state index is 12.9. The van der Waals surface area contributed by atoms with Crippen LogP contribution in [0.1, 0.15) is 18.1 Å². The predicted molar refractivity (Wildman–Crippen MR) is 98.6 cm³/mol. The Morgan fingerprint density at radius 2 is 1.67 bits per heavy atom. The molecule has 2 aromatic carbocycles. The first-order chi connectivity index (χ1) is 11.5. The summed E-state index contributed by atoms with van der Waals surface area (Å²) in [5, 5.41) is 0. The van der Waals surface area contributed by atoms with E-state index in [4.69, 9.17) is 0 Å². The summed E-state index contributed by atoms with van der Waals surface area (Å²) in [5.41, 5.74) is 3.06. The molecule has 5 heteroatoms. The maximum atomic E-state index is 12.9. The number of hydrogen-bond donors (Lipinski definition) is 0. The zero-order valence-electron chi connectivity index (χ0n) is 14.2. The summed E-state index contributed by atoms with van der Waals surface area (Å²) in [6.07, 6.45) is 0. The van der Waals surface area contributed by atoms with Gasteiger partial charge in [-0.15, -0.1) is 0 Å². The molecule has 1 atom stereocenters. The number of piperazine rings is 1. The standard InChI is InChI=1S/C19H24N2O2S/c1-16-8-6-7-9-18(16)15-24(22,23)21-13-12-20(14-17(21)2)19-10-4-3-5-11-19/h3-11,17H,12-15H2,1-2H3. The minimum Gasteiger partial charge on any atom is -0.369 e. The Morgan fingerprint density at radius 3 is 2.33 bits per heavy atom. The Morgan fingerprint density at radius 1 is 1.00 bits per heavy atom. The van der Waals surface area contributed by atoms with Crippen LogP contribution in [0.25, 0.3) is 0 Å². The van der Waals surface area contributed by atoms with Gasteiger partial charge in [0.05, 0.1) is 5.75 Å². The van der Waals surface area contributed by atoms with Crippen LogP contribution in [0.2, 0.25) is 0 Å². The molecule has 4 nitrogen and oxygen atoms in total. The Labute approximate surface area is 144 Å². The predicted octanol–water partition coefficient (Wildman–Crippen LogP) is 3.04.